The van der Waals surface area contributed by atoms with Crippen LogP contribution in [0.2, 0.25) is 0 Å². The fourth-order valence-electron chi connectivity index (χ4n) is 2.98. The highest BCUT2D eigenvalue weighted by atomic mass is 127. The summed E-state index contributed by atoms with van der Waals surface area (Å²) in [5.74, 6) is 1.87. The monoisotopic (exact) mass is 514 g/mol. The van der Waals surface area contributed by atoms with E-state index in [0.29, 0.717) is 13.0 Å². The number of nitrogens with zero attached hydrogens (tertiary/aromatic N) is 4. The molecule has 0 unspecified atom stereocenters. The minimum atomic E-state index is 0. The number of thiophene rings is 1. The summed E-state index contributed by atoms with van der Waals surface area (Å²) in [5.41, 5.74) is 0. The van der Waals surface area contributed by atoms with Crippen molar-refractivity contribution in [2.24, 2.45) is 4.99 Å². The zero-order chi connectivity index (χ0) is 18.9. The van der Waals surface area contributed by atoms with Crippen molar-refractivity contribution in [1.29, 1.82) is 0 Å². The first-order valence-corrected chi connectivity index (χ1v) is 10.0. The highest BCUT2D eigenvalue weighted by Crippen LogP contribution is 2.13. The third-order valence-corrected chi connectivity index (χ3v) is 5.35. The number of nitrogens with one attached hydrogen (secondary N) is 2. The van der Waals surface area contributed by atoms with E-state index in [0.717, 1.165) is 44.5 Å². The maximum absolute atomic E-state index is 12.4. The number of pyridine rings is 1. The third-order valence-electron chi connectivity index (χ3n) is 4.47. The van der Waals surface area contributed by atoms with E-state index in [4.69, 9.17) is 0 Å². The van der Waals surface area contributed by atoms with Crippen LogP contribution in [0.1, 0.15) is 11.3 Å². The van der Waals surface area contributed by atoms with Crippen LogP contribution in [0, 0.1) is 0 Å². The second-order valence-electron chi connectivity index (χ2n) is 6.24. The van der Waals surface area contributed by atoms with Gasteiger partial charge in [0.15, 0.2) is 5.96 Å². The van der Waals surface area contributed by atoms with E-state index >= 15 is 0 Å². The predicted octanol–water partition coefficient (Wildman–Crippen LogP) is 2.17. The number of aliphatic imine (C=N–C) groups is 1. The number of carbonyl (C=O) groups excluding carboxylic acids is 1. The molecule has 2 aromatic rings. The number of halogens is 1. The summed E-state index contributed by atoms with van der Waals surface area (Å²) in [6, 6.07) is 10.0. The van der Waals surface area contributed by atoms with Gasteiger partial charge >= 0.3 is 0 Å². The van der Waals surface area contributed by atoms with Crippen molar-refractivity contribution in [3.8, 4) is 0 Å². The highest BCUT2D eigenvalue weighted by Gasteiger charge is 2.21. The van der Waals surface area contributed by atoms with Crippen LogP contribution in [0.3, 0.4) is 0 Å². The first-order chi connectivity index (χ1) is 13.3. The van der Waals surface area contributed by atoms with Crippen LogP contribution in [-0.4, -0.2) is 61.5 Å². The van der Waals surface area contributed by atoms with Gasteiger partial charge in [-0.3, -0.25) is 9.79 Å². The molecule has 2 aromatic heterocycles. The Balaban J connectivity index is 0.00000280. The Morgan fingerprint density at radius 1 is 1.18 bits per heavy atom. The SMILES string of the molecule is CN=C(NCCC(=O)N1CCN(c2ccccn2)CC1)NCc1cccs1.I. The molecular weight excluding hydrogens is 487 g/mol. The molecule has 1 amide bonds. The van der Waals surface area contributed by atoms with E-state index in [9.17, 15) is 4.79 Å². The van der Waals surface area contributed by atoms with E-state index in [1.54, 1.807) is 24.6 Å². The van der Waals surface area contributed by atoms with Gasteiger partial charge in [0.25, 0.3) is 0 Å². The van der Waals surface area contributed by atoms with Gasteiger partial charge < -0.3 is 20.4 Å². The van der Waals surface area contributed by atoms with Crippen molar-refractivity contribution in [3.63, 3.8) is 0 Å². The molecular formula is C19H27IN6OS. The molecule has 3 heterocycles. The zero-order valence-electron chi connectivity index (χ0n) is 16.0. The quantitative estimate of drug-likeness (QED) is 0.351. The molecule has 3 rings (SSSR count). The molecule has 0 bridgehead atoms. The lowest BCUT2D eigenvalue weighted by atomic mass is 10.2. The molecule has 1 saturated heterocycles. The molecule has 0 saturated carbocycles. The van der Waals surface area contributed by atoms with E-state index < -0.39 is 0 Å². The Hall–Kier alpha value is -1.88. The molecule has 0 spiro atoms. The number of rotatable bonds is 6. The number of aromatic nitrogens is 1. The van der Waals surface area contributed by atoms with Gasteiger partial charge in [-0.25, -0.2) is 4.98 Å². The smallest absolute Gasteiger partial charge is 0.224 e. The van der Waals surface area contributed by atoms with Crippen molar-refractivity contribution in [2.75, 3.05) is 44.7 Å². The molecule has 7 nitrogen and oxygen atoms in total. The summed E-state index contributed by atoms with van der Waals surface area (Å²) in [6.45, 7) is 4.42. The predicted molar refractivity (Wildman–Crippen MR) is 126 cm³/mol. The number of guanidine groups is 1. The topological polar surface area (TPSA) is 72.9 Å². The lowest BCUT2D eigenvalue weighted by Gasteiger charge is -2.35. The minimum absolute atomic E-state index is 0. The van der Waals surface area contributed by atoms with E-state index in [-0.39, 0.29) is 29.9 Å². The third kappa shape index (κ3) is 6.62. The second-order valence-corrected chi connectivity index (χ2v) is 7.27. The Kier molecular flexibility index (Phi) is 9.48. The first-order valence-electron chi connectivity index (χ1n) is 9.17. The summed E-state index contributed by atoms with van der Waals surface area (Å²) < 4.78 is 0. The summed E-state index contributed by atoms with van der Waals surface area (Å²) >= 11 is 1.71. The van der Waals surface area contributed by atoms with Gasteiger partial charge in [-0.2, -0.15) is 0 Å². The van der Waals surface area contributed by atoms with Crippen molar-refractivity contribution in [1.82, 2.24) is 20.5 Å². The Morgan fingerprint density at radius 3 is 2.64 bits per heavy atom. The maximum atomic E-state index is 12.4. The maximum Gasteiger partial charge on any atom is 0.224 e. The van der Waals surface area contributed by atoms with Crippen LogP contribution >= 0.6 is 35.3 Å². The zero-order valence-corrected chi connectivity index (χ0v) is 19.2. The van der Waals surface area contributed by atoms with E-state index in [1.807, 2.05) is 29.2 Å². The summed E-state index contributed by atoms with van der Waals surface area (Å²) in [7, 11) is 1.74. The van der Waals surface area contributed by atoms with Crippen molar-refractivity contribution in [2.45, 2.75) is 13.0 Å². The molecule has 1 fully saturated rings. The molecule has 9 heteroatoms. The number of hydrogen-bond donors (Lipinski definition) is 2. The summed E-state index contributed by atoms with van der Waals surface area (Å²) in [6.07, 6.45) is 2.27. The molecule has 0 aliphatic carbocycles. The molecule has 152 valence electrons. The molecule has 28 heavy (non-hydrogen) atoms. The van der Waals surface area contributed by atoms with Gasteiger partial charge in [-0.15, -0.1) is 35.3 Å². The molecule has 1 aliphatic rings. The number of carbonyl (C=O) groups is 1. The minimum Gasteiger partial charge on any atom is -0.356 e. The van der Waals surface area contributed by atoms with Crippen LogP contribution in [0.15, 0.2) is 46.9 Å². The van der Waals surface area contributed by atoms with Crippen LogP contribution < -0.4 is 15.5 Å². The Morgan fingerprint density at radius 2 is 2.00 bits per heavy atom. The normalized spacial score (nSPS) is 14.4. The van der Waals surface area contributed by atoms with Crippen LogP contribution in [-0.2, 0) is 11.3 Å². The van der Waals surface area contributed by atoms with Crippen LogP contribution in [0.4, 0.5) is 5.82 Å². The standard InChI is InChI=1S/C19H26N6OS.HI/c1-20-19(23-15-16-5-4-14-27-16)22-9-7-18(26)25-12-10-24(11-13-25)17-6-2-3-8-21-17;/h2-6,8,14H,7,9-13,15H2,1H3,(H2,20,22,23);1H. The fraction of sp³-hybridized carbons (Fsp3) is 0.421. The average Bonchev–Trinajstić information content (AvgIpc) is 3.25. The molecule has 2 N–H and O–H groups in total. The molecule has 0 radical (unpaired) electrons. The largest absolute Gasteiger partial charge is 0.356 e. The lowest BCUT2D eigenvalue weighted by molar-refractivity contribution is -0.131. The van der Waals surface area contributed by atoms with Gasteiger partial charge in [0, 0.05) is 57.3 Å². The van der Waals surface area contributed by atoms with Gasteiger partial charge in [0.1, 0.15) is 5.82 Å². The van der Waals surface area contributed by atoms with Crippen LogP contribution in [0.5, 0.6) is 0 Å². The Labute approximate surface area is 187 Å². The fourth-order valence-corrected chi connectivity index (χ4v) is 3.62. The second kappa shape index (κ2) is 11.8. The molecule has 0 aromatic carbocycles. The lowest BCUT2D eigenvalue weighted by Crippen LogP contribution is -2.49. The summed E-state index contributed by atoms with van der Waals surface area (Å²) in [5, 5.41) is 8.53. The van der Waals surface area contributed by atoms with Crippen molar-refractivity contribution >= 4 is 53.0 Å². The summed E-state index contributed by atoms with van der Waals surface area (Å²) in [4.78, 5) is 26.4. The number of amides is 1. The average molecular weight is 514 g/mol. The van der Waals surface area contributed by atoms with Gasteiger partial charge in [-0.1, -0.05) is 12.1 Å². The van der Waals surface area contributed by atoms with E-state index in [2.05, 4.69) is 37.0 Å². The number of piperazine rings is 1. The highest BCUT2D eigenvalue weighted by molar-refractivity contribution is 14.0. The Bertz CT molecular complexity index is 732. The molecule has 0 atom stereocenters. The number of hydrogen-bond acceptors (Lipinski definition) is 5. The van der Waals surface area contributed by atoms with Gasteiger partial charge in [0.2, 0.25) is 5.91 Å². The van der Waals surface area contributed by atoms with Gasteiger partial charge in [-0.05, 0) is 23.6 Å². The first kappa shape index (κ1) is 22.4. The van der Waals surface area contributed by atoms with Crippen molar-refractivity contribution in [3.05, 3.63) is 46.8 Å². The van der Waals surface area contributed by atoms with Crippen molar-refractivity contribution < 1.29 is 4.79 Å². The number of anilines is 1. The van der Waals surface area contributed by atoms with Crippen LogP contribution in [0.25, 0.3) is 0 Å². The van der Waals surface area contributed by atoms with Gasteiger partial charge in [0.05, 0.1) is 6.54 Å². The van der Waals surface area contributed by atoms with E-state index in [1.165, 1.54) is 4.88 Å². The molecule has 1 aliphatic heterocycles.